The lowest BCUT2D eigenvalue weighted by Gasteiger charge is -1.86. The zero-order valence-electron chi connectivity index (χ0n) is 9.00. The summed E-state index contributed by atoms with van der Waals surface area (Å²) in [5.74, 6) is 0. The Balaban J connectivity index is 0. The van der Waals surface area contributed by atoms with Crippen LogP contribution in [0.1, 0.15) is 11.2 Å². The molecule has 1 aromatic rings. The number of nitrogens with two attached hydrogens (primary N) is 1. The third-order valence-electron chi connectivity index (χ3n) is 0.705. The number of nitrogens with zero attached hydrogens (tertiary/aromatic N) is 1. The Kier molecular flexibility index (Phi) is 3.71. The SMILES string of the molecule is Cl.Cl.[2H]C([2H])(N)C([2H])([2H])c1cnc[nH]1. The average molecular weight is 188 g/mol. The van der Waals surface area contributed by atoms with E-state index in [9.17, 15) is 0 Å². The molecule has 0 bridgehead atoms. The highest BCUT2D eigenvalue weighted by molar-refractivity contribution is 5.85. The summed E-state index contributed by atoms with van der Waals surface area (Å²) in [6.07, 6.45) is 0.243. The van der Waals surface area contributed by atoms with Gasteiger partial charge in [0.2, 0.25) is 0 Å². The number of imidazole rings is 1. The minimum Gasteiger partial charge on any atom is -0.348 e. The van der Waals surface area contributed by atoms with E-state index in [1.165, 1.54) is 12.5 Å². The maximum Gasteiger partial charge on any atom is 0.0921 e. The summed E-state index contributed by atoms with van der Waals surface area (Å²) in [7, 11) is 0. The van der Waals surface area contributed by atoms with Crippen molar-refractivity contribution < 1.29 is 5.48 Å². The summed E-state index contributed by atoms with van der Waals surface area (Å²) in [4.78, 5) is 6.06. The first-order valence-electron chi connectivity index (χ1n) is 4.13. The molecule has 0 saturated heterocycles. The Bertz CT molecular complexity index is 258. The van der Waals surface area contributed by atoms with Crippen LogP contribution in [-0.4, -0.2) is 16.5 Å². The molecular formula is C5H11Cl2N3. The van der Waals surface area contributed by atoms with E-state index in [1.807, 2.05) is 0 Å². The number of nitrogens with one attached hydrogen (secondary N) is 1. The lowest BCUT2D eigenvalue weighted by Crippen LogP contribution is -2.02. The van der Waals surface area contributed by atoms with Gasteiger partial charge in [0.05, 0.1) is 6.33 Å². The van der Waals surface area contributed by atoms with Crippen LogP contribution in [0.4, 0.5) is 0 Å². The van der Waals surface area contributed by atoms with Crippen molar-refractivity contribution in [2.75, 3.05) is 6.50 Å². The number of hydrogen-bond acceptors (Lipinski definition) is 2. The van der Waals surface area contributed by atoms with Gasteiger partial charge in [0.15, 0.2) is 0 Å². The maximum absolute atomic E-state index is 7.33. The lowest BCUT2D eigenvalue weighted by atomic mass is 10.3. The summed E-state index contributed by atoms with van der Waals surface area (Å²) >= 11 is 0. The lowest BCUT2D eigenvalue weighted by molar-refractivity contribution is 0.935. The highest BCUT2D eigenvalue weighted by atomic mass is 35.5. The van der Waals surface area contributed by atoms with Gasteiger partial charge in [-0.15, -0.1) is 24.8 Å². The molecule has 0 fully saturated rings. The molecule has 0 aromatic carbocycles. The number of H-pyrrole nitrogens is 1. The monoisotopic (exact) mass is 187 g/mol. The average Bonchev–Trinajstić information content (AvgIpc) is 2.34. The van der Waals surface area contributed by atoms with Crippen molar-refractivity contribution in [1.82, 2.24) is 9.97 Å². The van der Waals surface area contributed by atoms with Crippen LogP contribution in [0.25, 0.3) is 0 Å². The van der Waals surface area contributed by atoms with Crippen molar-refractivity contribution in [2.45, 2.75) is 6.37 Å². The molecule has 10 heavy (non-hydrogen) atoms. The van der Waals surface area contributed by atoms with E-state index < -0.39 is 12.9 Å². The fraction of sp³-hybridized carbons (Fsp3) is 0.400. The predicted molar refractivity (Wildman–Crippen MR) is 45.8 cm³/mol. The molecule has 1 aromatic heterocycles. The smallest absolute Gasteiger partial charge is 0.0921 e. The van der Waals surface area contributed by atoms with Gasteiger partial charge < -0.3 is 10.7 Å². The number of halogens is 2. The van der Waals surface area contributed by atoms with Crippen molar-refractivity contribution in [1.29, 1.82) is 0 Å². The molecule has 1 rings (SSSR count). The molecule has 0 radical (unpaired) electrons. The Labute approximate surface area is 77.9 Å². The van der Waals surface area contributed by atoms with E-state index in [0.717, 1.165) is 0 Å². The molecule has 0 aliphatic rings. The molecule has 0 saturated carbocycles. The third kappa shape index (κ3) is 3.71. The highest BCUT2D eigenvalue weighted by Gasteiger charge is 1.86. The molecule has 0 amide bonds. The van der Waals surface area contributed by atoms with E-state index in [0.29, 0.717) is 0 Å². The van der Waals surface area contributed by atoms with Crippen molar-refractivity contribution in [3.05, 3.63) is 18.2 Å². The van der Waals surface area contributed by atoms with Gasteiger partial charge in [0.25, 0.3) is 0 Å². The number of aryl methyl sites for hydroxylation is 1. The van der Waals surface area contributed by atoms with E-state index in [-0.39, 0.29) is 30.5 Å². The molecule has 0 spiro atoms. The second-order valence-corrected chi connectivity index (χ2v) is 1.23. The van der Waals surface area contributed by atoms with E-state index >= 15 is 0 Å². The summed E-state index contributed by atoms with van der Waals surface area (Å²) < 4.78 is 28.7. The summed E-state index contributed by atoms with van der Waals surface area (Å²) in [5, 5.41) is 0. The molecule has 3 N–H and O–H groups in total. The predicted octanol–water partition coefficient (Wildman–Crippen LogP) is 0.755. The van der Waals surface area contributed by atoms with Crippen LogP contribution in [0.15, 0.2) is 12.5 Å². The third-order valence-corrected chi connectivity index (χ3v) is 0.705. The van der Waals surface area contributed by atoms with Crippen molar-refractivity contribution in [3.63, 3.8) is 0 Å². The van der Waals surface area contributed by atoms with Gasteiger partial charge in [-0.3, -0.25) is 0 Å². The molecule has 60 valence electrons. The summed E-state index contributed by atoms with van der Waals surface area (Å²) in [5.41, 5.74) is 5.05. The molecular weight excluding hydrogens is 173 g/mol. The molecule has 0 aliphatic heterocycles. The van der Waals surface area contributed by atoms with Gasteiger partial charge in [0, 0.05) is 23.7 Å². The van der Waals surface area contributed by atoms with Crippen LogP contribution >= 0.6 is 24.8 Å². The summed E-state index contributed by atoms with van der Waals surface area (Å²) in [6.45, 7) is -2.42. The number of aromatic nitrogens is 2. The first-order chi connectivity index (χ1) is 5.36. The molecule has 1 heterocycles. The van der Waals surface area contributed by atoms with Crippen LogP contribution in [0, 0.1) is 0 Å². The maximum atomic E-state index is 7.33. The number of rotatable bonds is 2. The zero-order valence-corrected chi connectivity index (χ0v) is 6.63. The molecule has 3 nitrogen and oxygen atoms in total. The van der Waals surface area contributed by atoms with E-state index in [4.69, 9.17) is 11.2 Å². The largest absolute Gasteiger partial charge is 0.348 e. The molecule has 0 atom stereocenters. The second-order valence-electron chi connectivity index (χ2n) is 1.23. The van der Waals surface area contributed by atoms with Crippen LogP contribution in [0.2, 0.25) is 0 Å². The van der Waals surface area contributed by atoms with Crippen molar-refractivity contribution >= 4 is 24.8 Å². The van der Waals surface area contributed by atoms with Crippen LogP contribution in [0.5, 0.6) is 0 Å². The first-order valence-corrected chi connectivity index (χ1v) is 2.13. The molecule has 5 heteroatoms. The quantitative estimate of drug-likeness (QED) is 0.719. The van der Waals surface area contributed by atoms with Gasteiger partial charge in [0.1, 0.15) is 0 Å². The molecule has 0 unspecified atom stereocenters. The van der Waals surface area contributed by atoms with E-state index in [2.05, 4.69) is 9.97 Å². The Morgan fingerprint density at radius 1 is 1.70 bits per heavy atom. The first kappa shape index (κ1) is 5.41. The Morgan fingerprint density at radius 3 is 2.80 bits per heavy atom. The zero-order chi connectivity index (χ0) is 9.41. The van der Waals surface area contributed by atoms with Crippen molar-refractivity contribution in [3.8, 4) is 0 Å². The Hall–Kier alpha value is -0.250. The Morgan fingerprint density at radius 2 is 2.40 bits per heavy atom. The van der Waals surface area contributed by atoms with Gasteiger partial charge in [-0.1, -0.05) is 0 Å². The van der Waals surface area contributed by atoms with Gasteiger partial charge in [-0.2, -0.15) is 0 Å². The fourth-order valence-corrected chi connectivity index (χ4v) is 0.402. The topological polar surface area (TPSA) is 54.7 Å². The van der Waals surface area contributed by atoms with Crippen LogP contribution in [0.3, 0.4) is 0 Å². The fourth-order valence-electron chi connectivity index (χ4n) is 0.402. The van der Waals surface area contributed by atoms with Gasteiger partial charge >= 0.3 is 0 Å². The van der Waals surface area contributed by atoms with Gasteiger partial charge in [-0.25, -0.2) is 4.98 Å². The number of hydrogen-bond donors (Lipinski definition) is 2. The van der Waals surface area contributed by atoms with Crippen LogP contribution < -0.4 is 5.73 Å². The highest BCUT2D eigenvalue weighted by Crippen LogP contribution is 1.88. The minimum absolute atomic E-state index is 0. The number of aromatic amines is 1. The van der Waals surface area contributed by atoms with E-state index in [1.54, 1.807) is 0 Å². The molecule has 0 aliphatic carbocycles. The minimum atomic E-state index is -2.42. The second kappa shape index (κ2) is 6.86. The summed E-state index contributed by atoms with van der Waals surface area (Å²) in [6, 6.07) is 0. The normalized spacial score (nSPS) is 16.5. The van der Waals surface area contributed by atoms with Gasteiger partial charge in [-0.05, 0) is 6.50 Å². The van der Waals surface area contributed by atoms with Crippen LogP contribution in [-0.2, 0) is 6.37 Å². The standard InChI is InChI=1S/C5H9N3.2ClH/c6-2-1-5-3-7-4-8-5;;/h3-4H,1-2,6H2,(H,7,8);2*1H/i1D2,2D2;;. The van der Waals surface area contributed by atoms with Crippen molar-refractivity contribution in [2.24, 2.45) is 5.73 Å².